The number of pyridine rings is 1. The zero-order chi connectivity index (χ0) is 24.2. The molecule has 2 N–H and O–H groups in total. The topological polar surface area (TPSA) is 92.9 Å². The molecule has 4 rings (SSSR count). The third-order valence-corrected chi connectivity index (χ3v) is 5.54. The van der Waals surface area contributed by atoms with Crippen LogP contribution < -0.4 is 25.0 Å². The average Bonchev–Trinajstić information content (AvgIpc) is 3.06. The number of rotatable bonds is 9. The van der Waals surface area contributed by atoms with Gasteiger partial charge in [0, 0.05) is 31.9 Å². The van der Waals surface area contributed by atoms with Crippen LogP contribution in [0, 0.1) is 5.82 Å². The summed E-state index contributed by atoms with van der Waals surface area (Å²) in [5.74, 6) is 1.33. The minimum atomic E-state index is -0.407. The highest BCUT2D eigenvalue weighted by Crippen LogP contribution is 2.48. The Morgan fingerprint density at radius 2 is 1.88 bits per heavy atom. The molecule has 180 valence electrons. The van der Waals surface area contributed by atoms with Crippen molar-refractivity contribution in [1.29, 1.82) is 0 Å². The van der Waals surface area contributed by atoms with Crippen LogP contribution >= 0.6 is 0 Å². The van der Waals surface area contributed by atoms with Crippen molar-refractivity contribution in [2.24, 2.45) is 0 Å². The smallest absolute Gasteiger partial charge is 0.320 e. The zero-order valence-corrected chi connectivity index (χ0v) is 19.9. The molecule has 1 atom stereocenters. The number of hydrogen-bond acceptors (Lipinski definition) is 9. The van der Waals surface area contributed by atoms with Gasteiger partial charge in [-0.15, -0.1) is 0 Å². The number of nitrogens with two attached hydrogens (primary N) is 1. The molecular weight excluding hydrogens is 437 g/mol. The van der Waals surface area contributed by atoms with Gasteiger partial charge in [-0.05, 0) is 44.8 Å². The lowest BCUT2D eigenvalue weighted by Crippen LogP contribution is -2.33. The van der Waals surface area contributed by atoms with Crippen LogP contribution in [0.3, 0.4) is 0 Å². The summed E-state index contributed by atoms with van der Waals surface area (Å²) < 4.78 is 25.4. The van der Waals surface area contributed by atoms with Gasteiger partial charge in [0.25, 0.3) is 0 Å². The lowest BCUT2D eigenvalue weighted by atomic mass is 10.1. The minimum Gasteiger partial charge on any atom is -0.492 e. The SMILES string of the molecule is CCOc1nc(N)c2c(n1)N(Cc1ccc(OCCN(C)C)cc1)C(c1cncc(F)c1)N2C. The van der Waals surface area contributed by atoms with E-state index in [1.165, 1.54) is 12.3 Å². The number of nitrogen functional groups attached to an aromatic ring is 1. The highest BCUT2D eigenvalue weighted by atomic mass is 19.1. The number of halogens is 1. The predicted octanol–water partition coefficient (Wildman–Crippen LogP) is 3.09. The Kier molecular flexibility index (Phi) is 6.97. The molecule has 0 aliphatic carbocycles. The number of ether oxygens (including phenoxy) is 2. The molecule has 0 amide bonds. The summed E-state index contributed by atoms with van der Waals surface area (Å²) in [5.41, 5.74) is 8.68. The average molecular weight is 468 g/mol. The second-order valence-corrected chi connectivity index (χ2v) is 8.34. The monoisotopic (exact) mass is 467 g/mol. The molecule has 3 aromatic rings. The van der Waals surface area contributed by atoms with Gasteiger partial charge in [-0.1, -0.05) is 12.1 Å². The Labute approximate surface area is 198 Å². The van der Waals surface area contributed by atoms with Crippen LogP contribution in [0.5, 0.6) is 11.8 Å². The summed E-state index contributed by atoms with van der Waals surface area (Å²) in [4.78, 5) is 19.0. The molecule has 1 unspecified atom stereocenters. The van der Waals surface area contributed by atoms with E-state index < -0.39 is 5.82 Å². The van der Waals surface area contributed by atoms with E-state index in [4.69, 9.17) is 15.2 Å². The van der Waals surface area contributed by atoms with E-state index in [-0.39, 0.29) is 12.2 Å². The zero-order valence-electron chi connectivity index (χ0n) is 19.9. The molecule has 1 aliphatic rings. The van der Waals surface area contributed by atoms with Crippen molar-refractivity contribution in [2.75, 3.05) is 56.4 Å². The number of fused-ring (bicyclic) bond motifs is 1. The van der Waals surface area contributed by atoms with E-state index in [9.17, 15) is 4.39 Å². The maximum atomic E-state index is 14.1. The summed E-state index contributed by atoms with van der Waals surface area (Å²) in [6.07, 6.45) is 2.47. The number of likely N-dealkylation sites (N-methyl/N-ethyl adjacent to an activating group) is 1. The fourth-order valence-corrected chi connectivity index (χ4v) is 3.99. The van der Waals surface area contributed by atoms with Crippen molar-refractivity contribution in [2.45, 2.75) is 19.6 Å². The molecule has 0 fully saturated rings. The van der Waals surface area contributed by atoms with Gasteiger partial charge >= 0.3 is 6.01 Å². The quantitative estimate of drug-likeness (QED) is 0.510. The molecule has 34 heavy (non-hydrogen) atoms. The van der Waals surface area contributed by atoms with Crippen LogP contribution in [-0.4, -0.2) is 60.8 Å². The summed E-state index contributed by atoms with van der Waals surface area (Å²) in [6, 6.07) is 9.60. The Bertz CT molecular complexity index is 1130. The van der Waals surface area contributed by atoms with Crippen molar-refractivity contribution >= 4 is 17.3 Å². The highest BCUT2D eigenvalue weighted by molar-refractivity contribution is 5.83. The van der Waals surface area contributed by atoms with Gasteiger partial charge in [-0.25, -0.2) is 4.39 Å². The lowest BCUT2D eigenvalue weighted by Gasteiger charge is -2.30. The second kappa shape index (κ2) is 10.1. The third-order valence-electron chi connectivity index (χ3n) is 5.54. The van der Waals surface area contributed by atoms with Gasteiger partial charge < -0.3 is 29.9 Å². The van der Waals surface area contributed by atoms with E-state index in [1.54, 1.807) is 6.20 Å². The van der Waals surface area contributed by atoms with Gasteiger partial charge in [-0.2, -0.15) is 9.97 Å². The first kappa shape index (κ1) is 23.5. The first-order chi connectivity index (χ1) is 16.4. The fraction of sp³-hybridized carbons (Fsp3) is 0.375. The fourth-order valence-electron chi connectivity index (χ4n) is 3.99. The van der Waals surface area contributed by atoms with E-state index in [1.807, 2.05) is 62.1 Å². The molecule has 0 spiro atoms. The van der Waals surface area contributed by atoms with Crippen molar-refractivity contribution in [3.05, 3.63) is 59.7 Å². The highest BCUT2D eigenvalue weighted by Gasteiger charge is 2.39. The van der Waals surface area contributed by atoms with Crippen molar-refractivity contribution in [3.63, 3.8) is 0 Å². The number of aromatic nitrogens is 3. The number of benzene rings is 1. The van der Waals surface area contributed by atoms with Gasteiger partial charge in [-0.3, -0.25) is 4.98 Å². The van der Waals surface area contributed by atoms with Crippen LogP contribution in [0.25, 0.3) is 0 Å². The molecule has 1 aromatic carbocycles. The maximum Gasteiger partial charge on any atom is 0.320 e. The van der Waals surface area contributed by atoms with Gasteiger partial charge in [0.15, 0.2) is 11.6 Å². The standard InChI is InChI=1S/C24H30FN7O2/c1-5-33-24-28-21(26)20-22(29-24)32(23(31(20)4)17-12-18(25)14-27-13-17)15-16-6-8-19(9-7-16)34-11-10-30(2)3/h6-9,12-14,23H,5,10-11,15H2,1-4H3,(H2,26,28,29). The summed E-state index contributed by atoms with van der Waals surface area (Å²) in [5, 5.41) is 0. The van der Waals surface area contributed by atoms with Gasteiger partial charge in [0.1, 0.15) is 30.0 Å². The van der Waals surface area contributed by atoms with E-state index in [0.29, 0.717) is 42.6 Å². The van der Waals surface area contributed by atoms with E-state index >= 15 is 0 Å². The predicted molar refractivity (Wildman–Crippen MR) is 130 cm³/mol. The van der Waals surface area contributed by atoms with Crippen LogP contribution in [0.2, 0.25) is 0 Å². The summed E-state index contributed by atoms with van der Waals surface area (Å²) >= 11 is 0. The summed E-state index contributed by atoms with van der Waals surface area (Å²) in [6.45, 7) is 4.23. The molecule has 2 aromatic heterocycles. The van der Waals surface area contributed by atoms with E-state index in [2.05, 4.69) is 19.9 Å². The lowest BCUT2D eigenvalue weighted by molar-refractivity contribution is 0.261. The molecule has 0 bridgehead atoms. The summed E-state index contributed by atoms with van der Waals surface area (Å²) in [7, 11) is 5.90. The number of anilines is 3. The number of nitrogens with zero attached hydrogens (tertiary/aromatic N) is 6. The second-order valence-electron chi connectivity index (χ2n) is 8.34. The Morgan fingerprint density at radius 3 is 2.56 bits per heavy atom. The van der Waals surface area contributed by atoms with Crippen molar-refractivity contribution in [3.8, 4) is 11.8 Å². The molecule has 3 heterocycles. The third kappa shape index (κ3) is 4.96. The number of hydrogen-bond donors (Lipinski definition) is 1. The van der Waals surface area contributed by atoms with Crippen molar-refractivity contribution < 1.29 is 13.9 Å². The molecule has 0 saturated heterocycles. The largest absolute Gasteiger partial charge is 0.492 e. The molecule has 9 nitrogen and oxygen atoms in total. The Balaban J connectivity index is 1.66. The van der Waals surface area contributed by atoms with Crippen molar-refractivity contribution in [1.82, 2.24) is 19.9 Å². The van der Waals surface area contributed by atoms with Crippen LogP contribution in [-0.2, 0) is 6.54 Å². The van der Waals surface area contributed by atoms with E-state index in [0.717, 1.165) is 17.9 Å². The molecule has 0 saturated carbocycles. The first-order valence-corrected chi connectivity index (χ1v) is 11.1. The first-order valence-electron chi connectivity index (χ1n) is 11.1. The molecule has 0 radical (unpaired) electrons. The van der Waals surface area contributed by atoms with Crippen LogP contribution in [0.15, 0.2) is 42.7 Å². The van der Waals surface area contributed by atoms with Crippen LogP contribution in [0.1, 0.15) is 24.2 Å². The van der Waals surface area contributed by atoms with Gasteiger partial charge in [0.2, 0.25) is 0 Å². The Morgan fingerprint density at radius 1 is 1.12 bits per heavy atom. The molecular formula is C24H30FN7O2. The molecule has 10 heteroatoms. The maximum absolute atomic E-state index is 14.1. The van der Waals surface area contributed by atoms with Gasteiger partial charge in [0.05, 0.1) is 12.8 Å². The van der Waals surface area contributed by atoms with Crippen LogP contribution in [0.4, 0.5) is 21.7 Å². The minimum absolute atomic E-state index is 0.208. The normalized spacial score (nSPS) is 15.1. The molecule has 1 aliphatic heterocycles. The Hall–Kier alpha value is -3.66.